The zero-order valence-corrected chi connectivity index (χ0v) is 10.5. The van der Waals surface area contributed by atoms with E-state index in [2.05, 4.69) is 30.8 Å². The second kappa shape index (κ2) is 6.51. The van der Waals surface area contributed by atoms with Crippen LogP contribution in [0.5, 0.6) is 5.75 Å². The van der Waals surface area contributed by atoms with E-state index >= 15 is 0 Å². The number of likely N-dealkylation sites (N-methyl/N-ethyl adjacent to an activating group) is 2. The lowest BCUT2D eigenvalue weighted by Gasteiger charge is -2.22. The molecule has 90 valence electrons. The van der Waals surface area contributed by atoms with Crippen LogP contribution >= 0.6 is 0 Å². The summed E-state index contributed by atoms with van der Waals surface area (Å²) in [6.07, 6.45) is 0. The van der Waals surface area contributed by atoms with Crippen molar-refractivity contribution in [2.24, 2.45) is 0 Å². The van der Waals surface area contributed by atoms with Crippen LogP contribution in [-0.4, -0.2) is 48.6 Å². The van der Waals surface area contributed by atoms with Crippen LogP contribution in [-0.2, 0) is 6.54 Å². The second-order valence-corrected chi connectivity index (χ2v) is 4.34. The molecule has 3 heteroatoms. The third-order valence-corrected chi connectivity index (χ3v) is 2.65. The van der Waals surface area contributed by atoms with Crippen molar-refractivity contribution in [2.75, 3.05) is 33.7 Å². The number of hydrogen-bond acceptors (Lipinski definition) is 3. The summed E-state index contributed by atoms with van der Waals surface area (Å²) >= 11 is 0. The fourth-order valence-corrected chi connectivity index (χ4v) is 1.55. The Balaban J connectivity index is 2.46. The van der Waals surface area contributed by atoms with Crippen LogP contribution in [0.25, 0.3) is 0 Å². The summed E-state index contributed by atoms with van der Waals surface area (Å²) in [6.45, 7) is 6.33. The fourth-order valence-electron chi connectivity index (χ4n) is 1.55. The predicted molar refractivity (Wildman–Crippen MR) is 67.6 cm³/mol. The molecule has 16 heavy (non-hydrogen) atoms. The van der Waals surface area contributed by atoms with Gasteiger partial charge in [0.05, 0.1) is 0 Å². The van der Waals surface area contributed by atoms with E-state index in [0.29, 0.717) is 5.75 Å². The van der Waals surface area contributed by atoms with Crippen LogP contribution in [0.2, 0.25) is 0 Å². The molecular formula is C13H22N2O. The van der Waals surface area contributed by atoms with E-state index < -0.39 is 0 Å². The summed E-state index contributed by atoms with van der Waals surface area (Å²) in [5.74, 6) is 0.333. The van der Waals surface area contributed by atoms with Gasteiger partial charge in [0.1, 0.15) is 5.75 Å². The van der Waals surface area contributed by atoms with Gasteiger partial charge in [-0.2, -0.15) is 0 Å². The lowest BCUT2D eigenvalue weighted by Crippen LogP contribution is -2.31. The van der Waals surface area contributed by atoms with Crippen molar-refractivity contribution in [3.8, 4) is 5.75 Å². The maximum atomic E-state index is 9.20. The lowest BCUT2D eigenvalue weighted by molar-refractivity contribution is 0.244. The molecule has 0 aliphatic rings. The number of aromatic hydroxyl groups is 1. The number of phenolic OH excluding ortho intramolecular Hbond substituents is 1. The van der Waals surface area contributed by atoms with Crippen LogP contribution < -0.4 is 0 Å². The summed E-state index contributed by atoms with van der Waals surface area (Å²) in [7, 11) is 4.18. The minimum absolute atomic E-state index is 0.333. The predicted octanol–water partition coefficient (Wildman–Crippen LogP) is 1.78. The molecule has 0 saturated carbocycles. The van der Waals surface area contributed by atoms with Crippen LogP contribution in [0.1, 0.15) is 12.5 Å². The second-order valence-electron chi connectivity index (χ2n) is 4.34. The highest BCUT2D eigenvalue weighted by Crippen LogP contribution is 2.11. The Morgan fingerprint density at radius 2 is 1.69 bits per heavy atom. The average molecular weight is 222 g/mol. The van der Waals surface area contributed by atoms with E-state index in [1.165, 1.54) is 5.56 Å². The van der Waals surface area contributed by atoms with Gasteiger partial charge in [-0.25, -0.2) is 0 Å². The number of phenols is 1. The van der Waals surface area contributed by atoms with Gasteiger partial charge in [0, 0.05) is 19.6 Å². The zero-order valence-electron chi connectivity index (χ0n) is 10.5. The van der Waals surface area contributed by atoms with Gasteiger partial charge in [0.15, 0.2) is 0 Å². The smallest absolute Gasteiger partial charge is 0.115 e. The normalized spacial score (nSPS) is 11.3. The molecule has 1 aromatic rings. The first-order valence-corrected chi connectivity index (χ1v) is 5.76. The third-order valence-electron chi connectivity index (χ3n) is 2.65. The van der Waals surface area contributed by atoms with Crippen molar-refractivity contribution in [1.82, 2.24) is 9.80 Å². The Bertz CT molecular complexity index is 295. The van der Waals surface area contributed by atoms with Gasteiger partial charge >= 0.3 is 0 Å². The molecule has 1 aromatic carbocycles. The Labute approximate surface area is 98.3 Å². The average Bonchev–Trinajstić information content (AvgIpc) is 2.26. The molecule has 0 amide bonds. The topological polar surface area (TPSA) is 26.7 Å². The minimum atomic E-state index is 0.333. The summed E-state index contributed by atoms with van der Waals surface area (Å²) in [5, 5.41) is 9.20. The summed E-state index contributed by atoms with van der Waals surface area (Å²) in [4.78, 5) is 4.59. The highest BCUT2D eigenvalue weighted by Gasteiger charge is 2.04. The monoisotopic (exact) mass is 222 g/mol. The van der Waals surface area contributed by atoms with E-state index in [-0.39, 0.29) is 0 Å². The Morgan fingerprint density at radius 3 is 2.19 bits per heavy atom. The molecular weight excluding hydrogens is 200 g/mol. The summed E-state index contributed by atoms with van der Waals surface area (Å²) < 4.78 is 0. The molecule has 0 spiro atoms. The van der Waals surface area contributed by atoms with Crippen LogP contribution in [0.4, 0.5) is 0 Å². The van der Waals surface area contributed by atoms with Crippen molar-refractivity contribution in [2.45, 2.75) is 13.5 Å². The van der Waals surface area contributed by atoms with Crippen LogP contribution in [0.3, 0.4) is 0 Å². The van der Waals surface area contributed by atoms with E-state index in [4.69, 9.17) is 0 Å². The molecule has 0 unspecified atom stereocenters. The van der Waals surface area contributed by atoms with Gasteiger partial charge in [-0.1, -0.05) is 19.1 Å². The van der Waals surface area contributed by atoms with Gasteiger partial charge in [-0.05, 0) is 38.3 Å². The molecule has 0 saturated heterocycles. The van der Waals surface area contributed by atoms with Gasteiger partial charge in [-0.3, -0.25) is 4.90 Å². The van der Waals surface area contributed by atoms with Gasteiger partial charge in [0.25, 0.3) is 0 Å². The molecule has 1 N–H and O–H groups in total. The Kier molecular flexibility index (Phi) is 5.29. The van der Waals surface area contributed by atoms with E-state index in [0.717, 1.165) is 26.2 Å². The molecule has 0 radical (unpaired) electrons. The third kappa shape index (κ3) is 4.64. The van der Waals surface area contributed by atoms with Crippen LogP contribution in [0, 0.1) is 0 Å². The van der Waals surface area contributed by atoms with Crippen molar-refractivity contribution in [3.63, 3.8) is 0 Å². The van der Waals surface area contributed by atoms with Crippen molar-refractivity contribution in [1.29, 1.82) is 0 Å². The standard InChI is InChI=1S/C13H22N2O/c1-4-15(10-9-14(2)3)11-12-5-7-13(16)8-6-12/h5-8,16H,4,9-11H2,1-3H3. The molecule has 1 rings (SSSR count). The lowest BCUT2D eigenvalue weighted by atomic mass is 10.2. The highest BCUT2D eigenvalue weighted by molar-refractivity contribution is 5.25. The Morgan fingerprint density at radius 1 is 1.06 bits per heavy atom. The van der Waals surface area contributed by atoms with Crippen molar-refractivity contribution >= 4 is 0 Å². The maximum Gasteiger partial charge on any atom is 0.115 e. The molecule has 0 atom stereocenters. The summed E-state index contributed by atoms with van der Waals surface area (Å²) in [5.41, 5.74) is 1.25. The molecule has 0 heterocycles. The number of benzene rings is 1. The number of rotatable bonds is 6. The first-order valence-electron chi connectivity index (χ1n) is 5.76. The molecule has 0 aliphatic carbocycles. The largest absolute Gasteiger partial charge is 0.508 e. The van der Waals surface area contributed by atoms with E-state index in [1.54, 1.807) is 12.1 Å². The van der Waals surface area contributed by atoms with Gasteiger partial charge < -0.3 is 10.0 Å². The number of hydrogen-bond donors (Lipinski definition) is 1. The Hall–Kier alpha value is -1.06. The molecule has 0 aliphatic heterocycles. The van der Waals surface area contributed by atoms with E-state index in [9.17, 15) is 5.11 Å². The molecule has 0 aromatic heterocycles. The van der Waals surface area contributed by atoms with E-state index in [1.807, 2.05) is 12.1 Å². The molecule has 0 bridgehead atoms. The van der Waals surface area contributed by atoms with Crippen molar-refractivity contribution < 1.29 is 5.11 Å². The first kappa shape index (κ1) is 13.0. The maximum absolute atomic E-state index is 9.20. The van der Waals surface area contributed by atoms with Gasteiger partial charge in [-0.15, -0.1) is 0 Å². The first-order chi connectivity index (χ1) is 7.61. The minimum Gasteiger partial charge on any atom is -0.508 e. The SMILES string of the molecule is CCN(CCN(C)C)Cc1ccc(O)cc1. The molecule has 3 nitrogen and oxygen atoms in total. The van der Waals surface area contributed by atoms with Gasteiger partial charge in [0.2, 0.25) is 0 Å². The van der Waals surface area contributed by atoms with Crippen molar-refractivity contribution in [3.05, 3.63) is 29.8 Å². The fraction of sp³-hybridized carbons (Fsp3) is 0.538. The highest BCUT2D eigenvalue weighted by atomic mass is 16.3. The number of nitrogens with zero attached hydrogens (tertiary/aromatic N) is 2. The quantitative estimate of drug-likeness (QED) is 0.794. The summed E-state index contributed by atoms with van der Waals surface area (Å²) in [6, 6.07) is 7.45. The zero-order chi connectivity index (χ0) is 12.0. The van der Waals surface area contributed by atoms with Crippen LogP contribution in [0.15, 0.2) is 24.3 Å². The molecule has 0 fully saturated rings.